The van der Waals surface area contributed by atoms with Crippen molar-refractivity contribution in [1.82, 2.24) is 5.32 Å². The lowest BCUT2D eigenvalue weighted by molar-refractivity contribution is -0.118. The lowest BCUT2D eigenvalue weighted by atomic mass is 10.0. The third kappa shape index (κ3) is 5.06. The number of rotatable bonds is 5. The molecule has 2 amide bonds. The van der Waals surface area contributed by atoms with Gasteiger partial charge in [-0.25, -0.2) is 0 Å². The highest BCUT2D eigenvalue weighted by Crippen LogP contribution is 2.21. The van der Waals surface area contributed by atoms with Gasteiger partial charge >= 0.3 is 0 Å². The third-order valence-corrected chi connectivity index (χ3v) is 4.89. The average Bonchev–Trinajstić information content (AvgIpc) is 2.55. The number of benzene rings is 2. The zero-order chi connectivity index (χ0) is 18.6. The van der Waals surface area contributed by atoms with Crippen molar-refractivity contribution in [3.63, 3.8) is 0 Å². The molecule has 132 valence electrons. The van der Waals surface area contributed by atoms with Gasteiger partial charge < -0.3 is 10.6 Å². The Morgan fingerprint density at radius 3 is 2.40 bits per heavy atom. The van der Waals surface area contributed by atoms with Gasteiger partial charge in [-0.2, -0.15) is 0 Å². The molecule has 2 N–H and O–H groups in total. The first-order valence-corrected chi connectivity index (χ1v) is 9.09. The van der Waals surface area contributed by atoms with Crippen molar-refractivity contribution in [2.75, 3.05) is 5.32 Å². The van der Waals surface area contributed by atoms with Crippen molar-refractivity contribution in [2.45, 2.75) is 26.8 Å². The molecule has 0 unspecified atom stereocenters. The molecule has 2 aromatic rings. The Hall–Kier alpha value is -1.85. The van der Waals surface area contributed by atoms with Crippen LogP contribution in [0.25, 0.3) is 0 Å². The summed E-state index contributed by atoms with van der Waals surface area (Å²) in [7, 11) is 0. The van der Waals surface area contributed by atoms with Gasteiger partial charge in [-0.3, -0.25) is 9.59 Å². The second-order valence-electron chi connectivity index (χ2n) is 6.13. The number of aryl methyl sites for hydroxylation is 1. The number of carbonyl (C=O) groups is 2. The second kappa shape index (κ2) is 8.50. The van der Waals surface area contributed by atoms with Crippen LogP contribution in [-0.4, -0.2) is 17.9 Å². The van der Waals surface area contributed by atoms with Crippen LogP contribution in [0.2, 0.25) is 5.02 Å². The number of carbonyl (C=O) groups excluding carboxylic acids is 2. The molecule has 0 fully saturated rings. The lowest BCUT2D eigenvalue weighted by Gasteiger charge is -2.22. The maximum atomic E-state index is 12.6. The Labute approximate surface area is 161 Å². The minimum atomic E-state index is -0.667. The van der Waals surface area contributed by atoms with Crippen molar-refractivity contribution in [1.29, 1.82) is 0 Å². The molecular formula is C19H20BrClN2O2. The summed E-state index contributed by atoms with van der Waals surface area (Å²) < 4.78 is 0.681. The molecule has 0 saturated heterocycles. The van der Waals surface area contributed by atoms with Gasteiger partial charge in [0.1, 0.15) is 6.04 Å². The minimum absolute atomic E-state index is 0.0765. The van der Waals surface area contributed by atoms with E-state index in [1.54, 1.807) is 30.3 Å². The standard InChI is InChI=1S/C19H20BrClN2O2/c1-11(2)17(23-18(24)14-6-4-5-7-15(14)20)19(25)22-13-9-8-12(3)16(21)10-13/h4-11,17H,1-3H3,(H,22,25)(H,23,24)/t17-/m0/s1. The highest BCUT2D eigenvalue weighted by molar-refractivity contribution is 9.10. The van der Waals surface area contributed by atoms with Crippen molar-refractivity contribution in [3.8, 4) is 0 Å². The monoisotopic (exact) mass is 422 g/mol. The third-order valence-electron chi connectivity index (χ3n) is 3.79. The molecule has 0 aliphatic heterocycles. The van der Waals surface area contributed by atoms with Crippen LogP contribution in [0.15, 0.2) is 46.9 Å². The molecule has 0 aliphatic rings. The van der Waals surface area contributed by atoms with Gasteiger partial charge in [0.05, 0.1) is 5.56 Å². The van der Waals surface area contributed by atoms with E-state index in [1.807, 2.05) is 32.9 Å². The molecule has 4 nitrogen and oxygen atoms in total. The molecule has 0 aliphatic carbocycles. The van der Waals surface area contributed by atoms with Gasteiger partial charge in [0.25, 0.3) is 5.91 Å². The fourth-order valence-corrected chi connectivity index (χ4v) is 2.94. The zero-order valence-corrected chi connectivity index (χ0v) is 16.6. The fourth-order valence-electron chi connectivity index (χ4n) is 2.29. The van der Waals surface area contributed by atoms with Crippen LogP contribution in [0.5, 0.6) is 0 Å². The van der Waals surface area contributed by atoms with Crippen LogP contribution in [-0.2, 0) is 4.79 Å². The first-order chi connectivity index (χ1) is 11.8. The van der Waals surface area contributed by atoms with Crippen LogP contribution in [0.3, 0.4) is 0 Å². The van der Waals surface area contributed by atoms with Crippen molar-refractivity contribution in [3.05, 3.63) is 63.1 Å². The summed E-state index contributed by atoms with van der Waals surface area (Å²) in [5.41, 5.74) is 2.02. The molecule has 25 heavy (non-hydrogen) atoms. The molecule has 2 aromatic carbocycles. The highest BCUT2D eigenvalue weighted by Gasteiger charge is 2.25. The Bertz CT molecular complexity index is 793. The van der Waals surface area contributed by atoms with Crippen molar-refractivity contribution < 1.29 is 9.59 Å². The van der Waals surface area contributed by atoms with E-state index in [0.717, 1.165) is 5.56 Å². The molecule has 0 spiro atoms. The van der Waals surface area contributed by atoms with Crippen LogP contribution >= 0.6 is 27.5 Å². The summed E-state index contributed by atoms with van der Waals surface area (Å²) >= 11 is 9.45. The summed E-state index contributed by atoms with van der Waals surface area (Å²) in [4.78, 5) is 25.1. The molecule has 2 rings (SSSR count). The summed E-state index contributed by atoms with van der Waals surface area (Å²) in [5.74, 6) is -0.661. The maximum absolute atomic E-state index is 12.6. The number of hydrogen-bond donors (Lipinski definition) is 2. The Morgan fingerprint density at radius 2 is 1.80 bits per heavy atom. The zero-order valence-electron chi connectivity index (χ0n) is 14.3. The predicted octanol–water partition coefficient (Wildman–Crippen LogP) is 4.80. The summed E-state index contributed by atoms with van der Waals surface area (Å²) in [6.45, 7) is 5.65. The minimum Gasteiger partial charge on any atom is -0.340 e. The SMILES string of the molecule is Cc1ccc(NC(=O)[C@@H](NC(=O)c2ccccc2Br)C(C)C)cc1Cl. The van der Waals surface area contributed by atoms with Crippen LogP contribution in [0.4, 0.5) is 5.69 Å². The number of halogens is 2. The highest BCUT2D eigenvalue weighted by atomic mass is 79.9. The van der Waals surface area contributed by atoms with Crippen LogP contribution < -0.4 is 10.6 Å². The van der Waals surface area contributed by atoms with Gasteiger partial charge in [0.15, 0.2) is 0 Å². The van der Waals surface area contributed by atoms with E-state index in [9.17, 15) is 9.59 Å². The van der Waals surface area contributed by atoms with Crippen molar-refractivity contribution in [2.24, 2.45) is 5.92 Å². The van der Waals surface area contributed by atoms with Gasteiger partial charge in [-0.1, -0.05) is 43.6 Å². The van der Waals surface area contributed by atoms with E-state index in [2.05, 4.69) is 26.6 Å². The van der Waals surface area contributed by atoms with Crippen molar-refractivity contribution >= 4 is 45.0 Å². The molecule has 6 heteroatoms. The maximum Gasteiger partial charge on any atom is 0.253 e. The first kappa shape index (κ1) is 19.5. The Balaban J connectivity index is 2.14. The molecule has 0 heterocycles. The molecule has 0 saturated carbocycles. The normalized spacial score (nSPS) is 11.9. The largest absolute Gasteiger partial charge is 0.340 e. The Morgan fingerprint density at radius 1 is 1.12 bits per heavy atom. The van der Waals surface area contributed by atoms with E-state index in [0.29, 0.717) is 20.7 Å². The van der Waals surface area contributed by atoms with E-state index < -0.39 is 6.04 Å². The number of anilines is 1. The average molecular weight is 424 g/mol. The number of hydrogen-bond acceptors (Lipinski definition) is 2. The Kier molecular flexibility index (Phi) is 6.62. The van der Waals surface area contributed by atoms with Crippen LogP contribution in [0, 0.1) is 12.8 Å². The van der Waals surface area contributed by atoms with Gasteiger partial charge in [-0.05, 0) is 58.6 Å². The van der Waals surface area contributed by atoms with Gasteiger partial charge in [0, 0.05) is 15.2 Å². The topological polar surface area (TPSA) is 58.2 Å². The molecular weight excluding hydrogens is 404 g/mol. The fraction of sp³-hybridized carbons (Fsp3) is 0.263. The predicted molar refractivity (Wildman–Crippen MR) is 105 cm³/mol. The summed E-state index contributed by atoms with van der Waals surface area (Å²) in [6, 6.07) is 11.7. The number of amides is 2. The van der Waals surface area contributed by atoms with E-state index in [1.165, 1.54) is 0 Å². The van der Waals surface area contributed by atoms with Gasteiger partial charge in [0.2, 0.25) is 5.91 Å². The van der Waals surface area contributed by atoms with E-state index in [4.69, 9.17) is 11.6 Å². The second-order valence-corrected chi connectivity index (χ2v) is 7.39. The number of nitrogens with one attached hydrogen (secondary N) is 2. The summed E-state index contributed by atoms with van der Waals surface area (Å²) in [5, 5.41) is 6.20. The molecule has 0 aromatic heterocycles. The molecule has 0 bridgehead atoms. The molecule has 0 radical (unpaired) electrons. The van der Waals surface area contributed by atoms with Crippen LogP contribution in [0.1, 0.15) is 29.8 Å². The quantitative estimate of drug-likeness (QED) is 0.725. The lowest BCUT2D eigenvalue weighted by Crippen LogP contribution is -2.47. The molecule has 1 atom stereocenters. The van der Waals surface area contributed by atoms with E-state index >= 15 is 0 Å². The summed E-state index contributed by atoms with van der Waals surface area (Å²) in [6.07, 6.45) is 0. The smallest absolute Gasteiger partial charge is 0.253 e. The van der Waals surface area contributed by atoms with Gasteiger partial charge in [-0.15, -0.1) is 0 Å². The first-order valence-electron chi connectivity index (χ1n) is 7.92. The van der Waals surface area contributed by atoms with E-state index in [-0.39, 0.29) is 17.7 Å².